The topological polar surface area (TPSA) is 108 Å². The molecule has 3 N–H and O–H groups in total. The van der Waals surface area contributed by atoms with Crippen LogP contribution in [0.3, 0.4) is 0 Å². The maximum atomic E-state index is 15.2. The van der Waals surface area contributed by atoms with Crippen molar-refractivity contribution >= 4 is 23.2 Å². The molecule has 0 atom stereocenters. The van der Waals surface area contributed by atoms with Crippen LogP contribution in [-0.4, -0.2) is 58.1 Å². The maximum Gasteiger partial charge on any atom is 0.235 e. The average molecular weight is 537 g/mol. The number of nitrogens with one attached hydrogen (secondary N) is 3. The van der Waals surface area contributed by atoms with E-state index >= 15 is 4.39 Å². The number of nitrogens with zero attached hydrogens (tertiary/aromatic N) is 5. The Morgan fingerprint density at radius 3 is 2.62 bits per heavy atom. The SMILES string of the molecule is CC(C)NCCNc1cc(F)c(-c2cncc(F)c2)nc1C1CCN(c2ncnc3c2C(C)(C)C(=O)N3)CC1. The van der Waals surface area contributed by atoms with E-state index in [2.05, 4.69) is 49.6 Å². The van der Waals surface area contributed by atoms with Crippen molar-refractivity contribution in [1.82, 2.24) is 25.3 Å². The zero-order chi connectivity index (χ0) is 27.7. The summed E-state index contributed by atoms with van der Waals surface area (Å²) in [6.07, 6.45) is 5.49. The minimum Gasteiger partial charge on any atom is -0.382 e. The third kappa shape index (κ3) is 5.40. The van der Waals surface area contributed by atoms with E-state index in [4.69, 9.17) is 4.98 Å². The van der Waals surface area contributed by atoms with Gasteiger partial charge in [0.2, 0.25) is 5.91 Å². The number of anilines is 3. The van der Waals surface area contributed by atoms with Crippen LogP contribution in [0, 0.1) is 11.6 Å². The number of hydrogen-bond acceptors (Lipinski definition) is 8. The fraction of sp³-hybridized carbons (Fsp3) is 0.464. The van der Waals surface area contributed by atoms with E-state index in [9.17, 15) is 9.18 Å². The van der Waals surface area contributed by atoms with Gasteiger partial charge < -0.3 is 20.9 Å². The van der Waals surface area contributed by atoms with Crippen LogP contribution in [0.25, 0.3) is 11.3 Å². The predicted octanol–water partition coefficient (Wildman–Crippen LogP) is 4.24. The molecule has 3 aromatic rings. The standard InChI is InChI=1S/C28H34F2N8O/c1-16(2)32-7-8-33-21-12-20(30)23(18-11-19(29)14-31-13-18)36-24(21)17-5-9-38(10-6-17)26-22-25(34-15-35-26)37-27(39)28(22,3)4/h11-17,32-33H,5-10H2,1-4H3,(H,34,35,37,39). The smallest absolute Gasteiger partial charge is 0.235 e. The Kier molecular flexibility index (Phi) is 7.44. The number of amides is 1. The van der Waals surface area contributed by atoms with Crippen molar-refractivity contribution in [2.75, 3.05) is 41.7 Å². The highest BCUT2D eigenvalue weighted by molar-refractivity contribution is 6.06. The lowest BCUT2D eigenvalue weighted by molar-refractivity contribution is -0.119. The lowest BCUT2D eigenvalue weighted by atomic mass is 9.86. The molecule has 39 heavy (non-hydrogen) atoms. The summed E-state index contributed by atoms with van der Waals surface area (Å²) in [5, 5.41) is 9.57. The zero-order valence-electron chi connectivity index (χ0n) is 22.7. The highest BCUT2D eigenvalue weighted by Crippen LogP contribution is 2.43. The van der Waals surface area contributed by atoms with E-state index in [1.165, 1.54) is 24.7 Å². The van der Waals surface area contributed by atoms with E-state index in [1.807, 2.05) is 13.8 Å². The molecule has 3 aromatic heterocycles. The monoisotopic (exact) mass is 536 g/mol. The van der Waals surface area contributed by atoms with Crippen LogP contribution in [0.4, 0.5) is 26.1 Å². The van der Waals surface area contributed by atoms with Gasteiger partial charge in [0.05, 0.1) is 28.6 Å². The molecular formula is C28H34F2N8O. The van der Waals surface area contributed by atoms with E-state index in [-0.39, 0.29) is 17.5 Å². The van der Waals surface area contributed by atoms with Crippen LogP contribution in [-0.2, 0) is 10.2 Å². The molecular weight excluding hydrogens is 502 g/mol. The van der Waals surface area contributed by atoms with Gasteiger partial charge in [-0.1, -0.05) is 13.8 Å². The normalized spacial score (nSPS) is 16.9. The van der Waals surface area contributed by atoms with Gasteiger partial charge >= 0.3 is 0 Å². The molecule has 1 saturated heterocycles. The molecule has 1 amide bonds. The molecule has 0 unspecified atom stereocenters. The minimum atomic E-state index is -0.726. The van der Waals surface area contributed by atoms with Crippen molar-refractivity contribution in [2.45, 2.75) is 57.9 Å². The second kappa shape index (κ2) is 10.8. The first-order chi connectivity index (χ1) is 18.6. The van der Waals surface area contributed by atoms with Crippen LogP contribution in [0.15, 0.2) is 30.9 Å². The van der Waals surface area contributed by atoms with E-state index in [0.717, 1.165) is 36.1 Å². The van der Waals surface area contributed by atoms with E-state index in [1.54, 1.807) is 0 Å². The van der Waals surface area contributed by atoms with Gasteiger partial charge in [-0.15, -0.1) is 0 Å². The number of aromatic nitrogens is 4. The molecule has 2 aliphatic heterocycles. The fourth-order valence-corrected chi connectivity index (χ4v) is 5.29. The summed E-state index contributed by atoms with van der Waals surface area (Å²) >= 11 is 0. The highest BCUT2D eigenvalue weighted by Gasteiger charge is 2.43. The fourth-order valence-electron chi connectivity index (χ4n) is 5.29. The molecule has 0 radical (unpaired) electrons. The van der Waals surface area contributed by atoms with Gasteiger partial charge in [-0.25, -0.2) is 23.7 Å². The third-order valence-corrected chi connectivity index (χ3v) is 7.41. The molecule has 2 aliphatic rings. The van der Waals surface area contributed by atoms with Crippen molar-refractivity contribution < 1.29 is 13.6 Å². The molecule has 0 spiro atoms. The van der Waals surface area contributed by atoms with Gasteiger partial charge in [0.1, 0.15) is 29.5 Å². The number of piperidine rings is 1. The summed E-state index contributed by atoms with van der Waals surface area (Å²) in [5.74, 6) is 0.209. The van der Waals surface area contributed by atoms with E-state index in [0.29, 0.717) is 49.3 Å². The third-order valence-electron chi connectivity index (χ3n) is 7.41. The second-order valence-electron chi connectivity index (χ2n) is 10.9. The Bertz CT molecular complexity index is 1370. The average Bonchev–Trinajstić information content (AvgIpc) is 3.14. The molecule has 5 rings (SSSR count). The van der Waals surface area contributed by atoms with Crippen molar-refractivity contribution in [2.24, 2.45) is 0 Å². The van der Waals surface area contributed by atoms with Crippen molar-refractivity contribution in [3.8, 4) is 11.3 Å². The Hall–Kier alpha value is -3.73. The summed E-state index contributed by atoms with van der Waals surface area (Å²) in [4.78, 5) is 32.2. The lowest BCUT2D eigenvalue weighted by Gasteiger charge is -2.35. The summed E-state index contributed by atoms with van der Waals surface area (Å²) in [6.45, 7) is 10.6. The molecule has 0 saturated carbocycles. The molecule has 0 bridgehead atoms. The van der Waals surface area contributed by atoms with Crippen LogP contribution < -0.4 is 20.9 Å². The number of halogens is 2. The molecule has 9 nitrogen and oxygen atoms in total. The van der Waals surface area contributed by atoms with Gasteiger partial charge in [-0.2, -0.15) is 0 Å². The number of hydrogen-bond donors (Lipinski definition) is 3. The summed E-state index contributed by atoms with van der Waals surface area (Å²) in [7, 11) is 0. The van der Waals surface area contributed by atoms with Crippen LogP contribution >= 0.6 is 0 Å². The second-order valence-corrected chi connectivity index (χ2v) is 10.9. The molecule has 0 aromatic carbocycles. The number of pyridine rings is 2. The Balaban J connectivity index is 1.41. The lowest BCUT2D eigenvalue weighted by Crippen LogP contribution is -2.36. The van der Waals surface area contributed by atoms with Crippen molar-refractivity contribution in [3.05, 3.63) is 53.7 Å². The van der Waals surface area contributed by atoms with Gasteiger partial charge in [0.25, 0.3) is 0 Å². The number of rotatable bonds is 8. The molecule has 11 heteroatoms. The number of carbonyl (C=O) groups excluding carboxylic acids is 1. The van der Waals surface area contributed by atoms with Crippen LogP contribution in [0.5, 0.6) is 0 Å². The van der Waals surface area contributed by atoms with E-state index < -0.39 is 17.0 Å². The first-order valence-corrected chi connectivity index (χ1v) is 13.4. The van der Waals surface area contributed by atoms with Gasteiger partial charge in [-0.3, -0.25) is 9.78 Å². The zero-order valence-corrected chi connectivity index (χ0v) is 22.7. The van der Waals surface area contributed by atoms with Crippen LogP contribution in [0.2, 0.25) is 0 Å². The molecule has 206 valence electrons. The number of fused-ring (bicyclic) bond motifs is 1. The largest absolute Gasteiger partial charge is 0.382 e. The minimum absolute atomic E-state index is 0.0466. The van der Waals surface area contributed by atoms with Crippen molar-refractivity contribution in [1.29, 1.82) is 0 Å². The van der Waals surface area contributed by atoms with Crippen molar-refractivity contribution in [3.63, 3.8) is 0 Å². The molecule has 1 fully saturated rings. The molecule has 0 aliphatic carbocycles. The van der Waals surface area contributed by atoms with Gasteiger partial charge in [-0.05, 0) is 32.8 Å². The first-order valence-electron chi connectivity index (χ1n) is 13.4. The maximum absolute atomic E-state index is 15.2. The summed E-state index contributed by atoms with van der Waals surface area (Å²) in [5.41, 5.74) is 1.87. The quantitative estimate of drug-likeness (QED) is 0.367. The Labute approximate surface area is 226 Å². The van der Waals surface area contributed by atoms with Gasteiger partial charge in [0, 0.05) is 56.0 Å². The predicted molar refractivity (Wildman–Crippen MR) is 147 cm³/mol. The Morgan fingerprint density at radius 2 is 1.90 bits per heavy atom. The summed E-state index contributed by atoms with van der Waals surface area (Å²) in [6, 6.07) is 3.05. The van der Waals surface area contributed by atoms with Gasteiger partial charge in [0.15, 0.2) is 5.82 Å². The number of carbonyl (C=O) groups is 1. The molecule has 5 heterocycles. The van der Waals surface area contributed by atoms with Crippen LogP contribution in [0.1, 0.15) is 57.7 Å². The summed E-state index contributed by atoms with van der Waals surface area (Å²) < 4.78 is 29.1. The first kappa shape index (κ1) is 26.9. The highest BCUT2D eigenvalue weighted by atomic mass is 19.1. The Morgan fingerprint density at radius 1 is 1.13 bits per heavy atom.